The van der Waals surface area contributed by atoms with Gasteiger partial charge >= 0.3 is 0 Å². The number of aryl methyl sites for hydroxylation is 2. The lowest BCUT2D eigenvalue weighted by molar-refractivity contribution is 1.04. The van der Waals surface area contributed by atoms with Gasteiger partial charge in [-0.15, -0.1) is 0 Å². The summed E-state index contributed by atoms with van der Waals surface area (Å²) in [6.07, 6.45) is 0.871. The van der Waals surface area contributed by atoms with Gasteiger partial charge in [0, 0.05) is 16.8 Å². The maximum atomic E-state index is 4.93. The Bertz CT molecular complexity index is 1070. The van der Waals surface area contributed by atoms with Gasteiger partial charge in [0.15, 0.2) is 0 Å². The van der Waals surface area contributed by atoms with E-state index in [2.05, 4.69) is 104 Å². The van der Waals surface area contributed by atoms with Gasteiger partial charge in [-0.2, -0.15) is 0 Å². The van der Waals surface area contributed by atoms with Gasteiger partial charge in [-0.25, -0.2) is 0 Å². The van der Waals surface area contributed by atoms with Crippen LogP contribution >= 0.6 is 0 Å². The van der Waals surface area contributed by atoms with E-state index in [4.69, 9.17) is 4.98 Å². The smallest absolute Gasteiger partial charge is 0.0706 e. The quantitative estimate of drug-likeness (QED) is 0.411. The fourth-order valence-corrected chi connectivity index (χ4v) is 3.38. The van der Waals surface area contributed by atoms with Crippen LogP contribution in [0.4, 0.5) is 11.4 Å². The van der Waals surface area contributed by atoms with Crippen LogP contribution in [0.2, 0.25) is 0 Å². The minimum absolute atomic E-state index is 0.871. The molecule has 4 rings (SSSR count). The molecule has 1 heterocycles. The molecule has 0 spiro atoms. The van der Waals surface area contributed by atoms with Crippen molar-refractivity contribution in [1.82, 2.24) is 4.98 Å². The van der Waals surface area contributed by atoms with E-state index in [1.807, 2.05) is 6.07 Å². The van der Waals surface area contributed by atoms with E-state index in [0.29, 0.717) is 0 Å². The van der Waals surface area contributed by atoms with Crippen LogP contribution in [0, 0.1) is 6.92 Å². The summed E-state index contributed by atoms with van der Waals surface area (Å²) in [4.78, 5) is 4.93. The van der Waals surface area contributed by atoms with Crippen LogP contribution in [0.1, 0.15) is 18.2 Å². The van der Waals surface area contributed by atoms with Gasteiger partial charge < -0.3 is 5.32 Å². The molecule has 0 atom stereocenters. The Morgan fingerprint density at radius 2 is 1.39 bits per heavy atom. The number of para-hydroxylation sites is 1. The van der Waals surface area contributed by atoms with Crippen LogP contribution in [0.15, 0.2) is 91.0 Å². The van der Waals surface area contributed by atoms with Crippen molar-refractivity contribution < 1.29 is 0 Å². The van der Waals surface area contributed by atoms with E-state index in [1.165, 1.54) is 16.7 Å². The summed E-state index contributed by atoms with van der Waals surface area (Å²) < 4.78 is 0. The van der Waals surface area contributed by atoms with Crippen molar-refractivity contribution in [2.45, 2.75) is 20.3 Å². The summed E-state index contributed by atoms with van der Waals surface area (Å²) in [7, 11) is 0. The lowest BCUT2D eigenvalue weighted by Gasteiger charge is -2.15. The Labute approximate surface area is 166 Å². The lowest BCUT2D eigenvalue weighted by atomic mass is 10.0. The molecule has 0 aliphatic rings. The van der Waals surface area contributed by atoms with Crippen molar-refractivity contribution in [2.75, 3.05) is 5.32 Å². The fraction of sp³-hybridized carbons (Fsp3) is 0.115. The van der Waals surface area contributed by atoms with Gasteiger partial charge in [-0.05, 0) is 37.1 Å². The molecule has 28 heavy (non-hydrogen) atoms. The summed E-state index contributed by atoms with van der Waals surface area (Å²) in [6, 6.07) is 31.6. The van der Waals surface area contributed by atoms with E-state index in [-0.39, 0.29) is 0 Å². The number of anilines is 2. The van der Waals surface area contributed by atoms with Gasteiger partial charge in [0.05, 0.1) is 17.1 Å². The topological polar surface area (TPSA) is 24.9 Å². The highest BCUT2D eigenvalue weighted by Crippen LogP contribution is 2.32. The molecule has 0 unspecified atom stereocenters. The molecule has 138 valence electrons. The molecule has 0 fully saturated rings. The van der Waals surface area contributed by atoms with Crippen LogP contribution in [-0.2, 0) is 6.42 Å². The van der Waals surface area contributed by atoms with Gasteiger partial charge in [0.2, 0.25) is 0 Å². The molecule has 0 saturated carbocycles. The molecule has 0 aliphatic heterocycles. The number of aromatic nitrogens is 1. The molecular formula is C26H24N2. The number of rotatable bonds is 5. The zero-order chi connectivity index (χ0) is 19.3. The second kappa shape index (κ2) is 8.10. The average Bonchev–Trinajstić information content (AvgIpc) is 2.75. The highest BCUT2D eigenvalue weighted by molar-refractivity contribution is 5.81. The minimum Gasteiger partial charge on any atom is -0.354 e. The predicted molar refractivity (Wildman–Crippen MR) is 119 cm³/mol. The highest BCUT2D eigenvalue weighted by Gasteiger charge is 2.09. The first kappa shape index (κ1) is 18.0. The van der Waals surface area contributed by atoms with Crippen LogP contribution in [0.3, 0.4) is 0 Å². The first-order valence-electron chi connectivity index (χ1n) is 9.73. The van der Waals surface area contributed by atoms with Crippen LogP contribution in [-0.4, -0.2) is 4.98 Å². The van der Waals surface area contributed by atoms with E-state index in [9.17, 15) is 0 Å². The summed E-state index contributed by atoms with van der Waals surface area (Å²) in [5.74, 6) is 0. The van der Waals surface area contributed by atoms with Crippen molar-refractivity contribution in [1.29, 1.82) is 0 Å². The third kappa shape index (κ3) is 3.81. The molecule has 0 amide bonds. The SMILES string of the molecule is CCc1nc(-c2ccc(C)cc2)ccc1Nc1ccccc1-c1ccccc1. The summed E-state index contributed by atoms with van der Waals surface area (Å²) >= 11 is 0. The first-order chi connectivity index (χ1) is 13.7. The molecule has 3 aromatic carbocycles. The van der Waals surface area contributed by atoms with E-state index >= 15 is 0 Å². The predicted octanol–water partition coefficient (Wildman–Crippen LogP) is 7.03. The standard InChI is InChI=1S/C26H24N2/c1-3-23-26(18-17-24(27-23)21-15-13-19(2)14-16-21)28-25-12-8-7-11-22(25)20-9-5-4-6-10-20/h4-18,28H,3H2,1-2H3. The van der Waals surface area contributed by atoms with Gasteiger partial charge in [-0.1, -0.05) is 85.3 Å². The third-order valence-electron chi connectivity index (χ3n) is 4.94. The zero-order valence-corrected chi connectivity index (χ0v) is 16.3. The Morgan fingerprint density at radius 3 is 2.14 bits per heavy atom. The summed E-state index contributed by atoms with van der Waals surface area (Å²) in [6.45, 7) is 4.25. The van der Waals surface area contributed by atoms with Crippen molar-refractivity contribution in [3.63, 3.8) is 0 Å². The second-order valence-electron chi connectivity index (χ2n) is 6.95. The van der Waals surface area contributed by atoms with Crippen molar-refractivity contribution in [2.24, 2.45) is 0 Å². The Balaban J connectivity index is 1.69. The first-order valence-corrected chi connectivity index (χ1v) is 9.73. The number of nitrogens with zero attached hydrogens (tertiary/aromatic N) is 1. The minimum atomic E-state index is 0.871. The summed E-state index contributed by atoms with van der Waals surface area (Å²) in [5, 5.41) is 3.62. The number of hydrogen-bond donors (Lipinski definition) is 1. The molecule has 2 nitrogen and oxygen atoms in total. The zero-order valence-electron chi connectivity index (χ0n) is 16.3. The molecule has 0 radical (unpaired) electrons. The molecule has 0 bridgehead atoms. The number of hydrogen-bond acceptors (Lipinski definition) is 2. The molecule has 1 aromatic heterocycles. The molecule has 2 heteroatoms. The molecule has 4 aromatic rings. The van der Waals surface area contributed by atoms with Gasteiger partial charge in [-0.3, -0.25) is 4.98 Å². The number of benzene rings is 3. The lowest BCUT2D eigenvalue weighted by Crippen LogP contribution is -2.00. The van der Waals surface area contributed by atoms with Crippen LogP contribution in [0.25, 0.3) is 22.4 Å². The largest absolute Gasteiger partial charge is 0.354 e. The summed E-state index contributed by atoms with van der Waals surface area (Å²) in [5.41, 5.74) is 9.03. The number of pyridine rings is 1. The second-order valence-corrected chi connectivity index (χ2v) is 6.95. The maximum absolute atomic E-state index is 4.93. The third-order valence-corrected chi connectivity index (χ3v) is 4.94. The maximum Gasteiger partial charge on any atom is 0.0706 e. The Hall–Kier alpha value is -3.39. The normalized spacial score (nSPS) is 10.6. The van der Waals surface area contributed by atoms with Crippen molar-refractivity contribution in [3.05, 3.63) is 102 Å². The fourth-order valence-electron chi connectivity index (χ4n) is 3.38. The van der Waals surface area contributed by atoms with Crippen molar-refractivity contribution >= 4 is 11.4 Å². The van der Waals surface area contributed by atoms with Crippen LogP contribution < -0.4 is 5.32 Å². The van der Waals surface area contributed by atoms with Gasteiger partial charge in [0.25, 0.3) is 0 Å². The average molecular weight is 364 g/mol. The molecule has 0 aliphatic carbocycles. The van der Waals surface area contributed by atoms with E-state index in [0.717, 1.165) is 34.7 Å². The van der Waals surface area contributed by atoms with Gasteiger partial charge in [0.1, 0.15) is 0 Å². The van der Waals surface area contributed by atoms with E-state index < -0.39 is 0 Å². The number of nitrogens with one attached hydrogen (secondary N) is 1. The molecule has 0 saturated heterocycles. The highest BCUT2D eigenvalue weighted by atomic mass is 14.9. The van der Waals surface area contributed by atoms with Crippen molar-refractivity contribution in [3.8, 4) is 22.4 Å². The Morgan fingerprint density at radius 1 is 0.679 bits per heavy atom. The van der Waals surface area contributed by atoms with Crippen LogP contribution in [0.5, 0.6) is 0 Å². The Kier molecular flexibility index (Phi) is 5.20. The molecular weight excluding hydrogens is 340 g/mol. The molecule has 1 N–H and O–H groups in total. The monoisotopic (exact) mass is 364 g/mol. The van der Waals surface area contributed by atoms with E-state index in [1.54, 1.807) is 0 Å².